The van der Waals surface area contributed by atoms with E-state index in [0.29, 0.717) is 13.0 Å². The van der Waals surface area contributed by atoms with Gasteiger partial charge in [-0.2, -0.15) is 0 Å². The van der Waals surface area contributed by atoms with Crippen LogP contribution in [0.1, 0.15) is 110 Å². The fourth-order valence-electron chi connectivity index (χ4n) is 3.12. The molecule has 0 fully saturated rings. The van der Waals surface area contributed by atoms with Crippen molar-refractivity contribution in [1.82, 2.24) is 5.32 Å². The number of unbranched alkanes of at least 4 members (excludes halogenated alkanes) is 14. The first kappa shape index (κ1) is 26.2. The second kappa shape index (κ2) is 21.5. The van der Waals surface area contributed by atoms with E-state index in [2.05, 4.69) is 12.2 Å². The summed E-state index contributed by atoms with van der Waals surface area (Å²) in [6, 6.07) is 0. The maximum Gasteiger partial charge on any atom is 0.305 e. The molecule has 0 aromatic heterocycles. The summed E-state index contributed by atoms with van der Waals surface area (Å²) in [7, 11) is 0. The molecule has 0 aliphatic carbocycles. The van der Waals surface area contributed by atoms with Gasteiger partial charge in [-0.15, -0.1) is 11.6 Å². The Morgan fingerprint density at radius 3 is 1.63 bits per heavy atom. The topological polar surface area (TPSA) is 55.4 Å². The SMILES string of the molecule is CCCCCCCCCCCCCCCCCC(=O)OCCNC(=O)CCl. The van der Waals surface area contributed by atoms with Crippen molar-refractivity contribution in [3.05, 3.63) is 0 Å². The Bertz CT molecular complexity index is 350. The van der Waals surface area contributed by atoms with E-state index in [9.17, 15) is 9.59 Å². The minimum atomic E-state index is -0.241. The van der Waals surface area contributed by atoms with Gasteiger partial charge in [0.15, 0.2) is 0 Å². The summed E-state index contributed by atoms with van der Waals surface area (Å²) >= 11 is 5.35. The molecule has 0 radical (unpaired) electrons. The quantitative estimate of drug-likeness (QED) is 0.151. The second-order valence-electron chi connectivity index (χ2n) is 7.40. The van der Waals surface area contributed by atoms with Gasteiger partial charge in [0.2, 0.25) is 5.91 Å². The van der Waals surface area contributed by atoms with E-state index in [1.807, 2.05) is 0 Å². The van der Waals surface area contributed by atoms with Gasteiger partial charge in [0.1, 0.15) is 12.5 Å². The highest BCUT2D eigenvalue weighted by molar-refractivity contribution is 6.27. The van der Waals surface area contributed by atoms with Crippen molar-refractivity contribution in [1.29, 1.82) is 0 Å². The summed E-state index contributed by atoms with van der Waals surface area (Å²) < 4.78 is 5.06. The average Bonchev–Trinajstić information content (AvgIpc) is 2.68. The average molecular weight is 404 g/mol. The third-order valence-corrected chi connectivity index (χ3v) is 5.04. The molecule has 5 heteroatoms. The van der Waals surface area contributed by atoms with Crippen LogP contribution < -0.4 is 5.32 Å². The van der Waals surface area contributed by atoms with Crippen LogP contribution >= 0.6 is 11.6 Å². The third kappa shape index (κ3) is 21.4. The van der Waals surface area contributed by atoms with Crippen molar-refractivity contribution in [3.63, 3.8) is 0 Å². The molecule has 0 aliphatic rings. The van der Waals surface area contributed by atoms with E-state index in [1.54, 1.807) is 0 Å². The van der Waals surface area contributed by atoms with Crippen molar-refractivity contribution < 1.29 is 14.3 Å². The van der Waals surface area contributed by atoms with Gasteiger partial charge in [0.05, 0.1) is 6.54 Å². The molecule has 0 saturated carbocycles. The Morgan fingerprint density at radius 1 is 0.741 bits per heavy atom. The summed E-state index contributed by atoms with van der Waals surface area (Å²) in [6.45, 7) is 2.82. The summed E-state index contributed by atoms with van der Waals surface area (Å²) in [5.41, 5.74) is 0. The largest absolute Gasteiger partial charge is 0.464 e. The summed E-state index contributed by atoms with van der Waals surface area (Å²) in [5, 5.41) is 2.56. The number of rotatable bonds is 20. The highest BCUT2D eigenvalue weighted by Crippen LogP contribution is 2.13. The number of amides is 1. The third-order valence-electron chi connectivity index (χ3n) is 4.79. The molecule has 0 unspecified atom stereocenters. The van der Waals surface area contributed by atoms with Crippen LogP contribution in [0.2, 0.25) is 0 Å². The smallest absolute Gasteiger partial charge is 0.305 e. The van der Waals surface area contributed by atoms with Crippen molar-refractivity contribution in [2.75, 3.05) is 19.0 Å². The molecule has 0 saturated heterocycles. The van der Waals surface area contributed by atoms with Gasteiger partial charge in [-0.3, -0.25) is 9.59 Å². The van der Waals surface area contributed by atoms with E-state index >= 15 is 0 Å². The Morgan fingerprint density at radius 2 is 1.19 bits per heavy atom. The summed E-state index contributed by atoms with van der Waals surface area (Å²) in [4.78, 5) is 22.4. The molecule has 0 atom stereocenters. The number of carbonyl (C=O) groups is 2. The number of nitrogens with one attached hydrogen (secondary N) is 1. The van der Waals surface area contributed by atoms with E-state index in [0.717, 1.165) is 12.8 Å². The zero-order valence-electron chi connectivity index (χ0n) is 17.5. The van der Waals surface area contributed by atoms with Crippen LogP contribution in [-0.4, -0.2) is 30.9 Å². The number of hydrogen-bond donors (Lipinski definition) is 1. The van der Waals surface area contributed by atoms with Crippen LogP contribution in [-0.2, 0) is 14.3 Å². The van der Waals surface area contributed by atoms with Crippen LogP contribution in [0.4, 0.5) is 0 Å². The monoisotopic (exact) mass is 403 g/mol. The zero-order valence-corrected chi connectivity index (χ0v) is 18.3. The minimum Gasteiger partial charge on any atom is -0.464 e. The van der Waals surface area contributed by atoms with Gasteiger partial charge in [-0.25, -0.2) is 0 Å². The van der Waals surface area contributed by atoms with Crippen LogP contribution in [0.15, 0.2) is 0 Å². The van der Waals surface area contributed by atoms with Crippen LogP contribution in [0.3, 0.4) is 0 Å². The van der Waals surface area contributed by atoms with Gasteiger partial charge in [0.25, 0.3) is 0 Å². The lowest BCUT2D eigenvalue weighted by Crippen LogP contribution is -2.28. The lowest BCUT2D eigenvalue weighted by Gasteiger charge is -2.06. The van der Waals surface area contributed by atoms with Crippen LogP contribution in [0.5, 0.6) is 0 Å². The zero-order chi connectivity index (χ0) is 20.0. The molecular formula is C22H42ClNO3. The Kier molecular flexibility index (Phi) is 20.9. The lowest BCUT2D eigenvalue weighted by atomic mass is 10.0. The minimum absolute atomic E-state index is 0.0624. The molecule has 0 rings (SSSR count). The summed E-state index contributed by atoms with van der Waals surface area (Å²) in [6.07, 6.45) is 20.2. The van der Waals surface area contributed by atoms with E-state index in [1.165, 1.54) is 83.5 Å². The maximum atomic E-state index is 11.5. The number of ether oxygens (including phenoxy) is 1. The van der Waals surface area contributed by atoms with Crippen molar-refractivity contribution in [3.8, 4) is 0 Å². The number of halogens is 1. The molecule has 0 aromatic carbocycles. The van der Waals surface area contributed by atoms with Gasteiger partial charge in [-0.05, 0) is 6.42 Å². The van der Waals surface area contributed by atoms with Crippen LogP contribution in [0, 0.1) is 0 Å². The molecule has 160 valence electrons. The molecule has 4 nitrogen and oxygen atoms in total. The predicted molar refractivity (Wildman–Crippen MR) is 114 cm³/mol. The van der Waals surface area contributed by atoms with Crippen LogP contribution in [0.25, 0.3) is 0 Å². The fourth-order valence-corrected chi connectivity index (χ4v) is 3.21. The lowest BCUT2D eigenvalue weighted by molar-refractivity contribution is -0.144. The molecule has 0 heterocycles. The number of hydrogen-bond acceptors (Lipinski definition) is 3. The molecular weight excluding hydrogens is 362 g/mol. The first-order valence-electron chi connectivity index (χ1n) is 11.2. The first-order valence-corrected chi connectivity index (χ1v) is 11.7. The second-order valence-corrected chi connectivity index (χ2v) is 7.67. The van der Waals surface area contributed by atoms with E-state index < -0.39 is 0 Å². The highest BCUT2D eigenvalue weighted by atomic mass is 35.5. The molecule has 0 bridgehead atoms. The van der Waals surface area contributed by atoms with Gasteiger partial charge in [-0.1, -0.05) is 96.8 Å². The molecule has 1 N–H and O–H groups in total. The van der Waals surface area contributed by atoms with Crippen molar-refractivity contribution in [2.24, 2.45) is 0 Å². The van der Waals surface area contributed by atoms with E-state index in [-0.39, 0.29) is 24.4 Å². The maximum absolute atomic E-state index is 11.5. The van der Waals surface area contributed by atoms with Gasteiger partial charge in [0, 0.05) is 6.42 Å². The summed E-state index contributed by atoms with van der Waals surface area (Å²) in [5.74, 6) is -0.479. The number of esters is 1. The van der Waals surface area contributed by atoms with Crippen molar-refractivity contribution in [2.45, 2.75) is 110 Å². The van der Waals surface area contributed by atoms with Gasteiger partial charge < -0.3 is 10.1 Å². The first-order chi connectivity index (χ1) is 13.2. The highest BCUT2D eigenvalue weighted by Gasteiger charge is 2.03. The molecule has 0 spiro atoms. The van der Waals surface area contributed by atoms with Gasteiger partial charge >= 0.3 is 5.97 Å². The normalized spacial score (nSPS) is 10.7. The molecule has 0 aromatic rings. The fraction of sp³-hybridized carbons (Fsp3) is 0.909. The Hall–Kier alpha value is -0.770. The standard InChI is InChI=1S/C22H42ClNO3/c1-2-3-4-5-6-7-8-9-10-11-12-13-14-15-16-17-22(26)27-19-18-24-21(25)20-23/h2-20H2,1H3,(H,24,25). The van der Waals surface area contributed by atoms with Crippen molar-refractivity contribution >= 4 is 23.5 Å². The Balaban J connectivity index is 3.15. The number of carbonyl (C=O) groups excluding carboxylic acids is 2. The number of alkyl halides is 1. The predicted octanol–water partition coefficient (Wildman–Crippen LogP) is 6.15. The molecule has 27 heavy (non-hydrogen) atoms. The Labute approximate surface area is 172 Å². The van der Waals surface area contributed by atoms with E-state index in [4.69, 9.17) is 16.3 Å². The molecule has 1 amide bonds. The molecule has 0 aliphatic heterocycles.